The first-order valence-electron chi connectivity index (χ1n) is 7.49. The van der Waals surface area contributed by atoms with Crippen molar-refractivity contribution in [3.05, 3.63) is 58.3 Å². The highest BCUT2D eigenvalue weighted by Gasteiger charge is 2.14. The topological polar surface area (TPSA) is 73.2 Å². The second-order valence-corrected chi connectivity index (χ2v) is 5.41. The van der Waals surface area contributed by atoms with Crippen LogP contribution in [0.5, 0.6) is 5.75 Å². The van der Waals surface area contributed by atoms with E-state index in [0.29, 0.717) is 18.8 Å². The molecule has 1 aromatic carbocycles. The number of amides is 1. The lowest BCUT2D eigenvalue weighted by atomic mass is 10.1. The summed E-state index contributed by atoms with van der Waals surface area (Å²) in [5, 5.41) is 2.75. The summed E-state index contributed by atoms with van der Waals surface area (Å²) in [6, 6.07) is 7.10. The van der Waals surface area contributed by atoms with Gasteiger partial charge in [-0.25, -0.2) is 4.98 Å². The van der Waals surface area contributed by atoms with E-state index in [4.69, 9.17) is 4.74 Å². The van der Waals surface area contributed by atoms with Gasteiger partial charge < -0.3 is 10.1 Å². The van der Waals surface area contributed by atoms with E-state index in [9.17, 15) is 9.59 Å². The van der Waals surface area contributed by atoms with Gasteiger partial charge in [-0.3, -0.25) is 14.2 Å². The van der Waals surface area contributed by atoms with E-state index in [1.165, 1.54) is 28.7 Å². The van der Waals surface area contributed by atoms with E-state index < -0.39 is 6.10 Å². The summed E-state index contributed by atoms with van der Waals surface area (Å²) >= 11 is 0. The molecule has 2 aromatic rings. The summed E-state index contributed by atoms with van der Waals surface area (Å²) in [5.41, 5.74) is 2.15. The Bertz CT molecular complexity index is 740. The maximum Gasteiger partial charge on any atom is 0.260 e. The molecule has 0 radical (unpaired) electrons. The Kier molecular flexibility index (Phi) is 5.51. The lowest BCUT2D eigenvalue weighted by Crippen LogP contribution is -2.38. The smallest absolute Gasteiger partial charge is 0.260 e. The summed E-state index contributed by atoms with van der Waals surface area (Å²) in [5.74, 6) is 0.444. The molecule has 1 aromatic heterocycles. The van der Waals surface area contributed by atoms with Crippen LogP contribution in [0, 0.1) is 13.8 Å². The quantitative estimate of drug-likeness (QED) is 0.875. The van der Waals surface area contributed by atoms with Gasteiger partial charge in [0.1, 0.15) is 5.75 Å². The van der Waals surface area contributed by atoms with Crippen molar-refractivity contribution >= 4 is 5.91 Å². The molecule has 122 valence electrons. The van der Waals surface area contributed by atoms with Gasteiger partial charge in [-0.1, -0.05) is 6.07 Å². The van der Waals surface area contributed by atoms with Crippen LogP contribution in [0.15, 0.2) is 41.6 Å². The van der Waals surface area contributed by atoms with Gasteiger partial charge >= 0.3 is 0 Å². The Morgan fingerprint density at radius 3 is 2.78 bits per heavy atom. The predicted molar refractivity (Wildman–Crippen MR) is 87.5 cm³/mol. The highest BCUT2D eigenvalue weighted by atomic mass is 16.5. The van der Waals surface area contributed by atoms with Crippen LogP contribution in [0.25, 0.3) is 0 Å². The van der Waals surface area contributed by atoms with Gasteiger partial charge in [0.05, 0.1) is 6.33 Å². The van der Waals surface area contributed by atoms with Gasteiger partial charge in [-0.2, -0.15) is 0 Å². The molecular weight excluding hydrogens is 294 g/mol. The molecule has 0 fully saturated rings. The third-order valence-electron chi connectivity index (χ3n) is 3.60. The fraction of sp³-hybridized carbons (Fsp3) is 0.353. The van der Waals surface area contributed by atoms with Crippen LogP contribution in [-0.2, 0) is 11.3 Å². The van der Waals surface area contributed by atoms with E-state index in [0.717, 1.165) is 5.56 Å². The second kappa shape index (κ2) is 7.58. The first-order valence-corrected chi connectivity index (χ1v) is 7.49. The zero-order valence-electron chi connectivity index (χ0n) is 13.6. The molecular formula is C17H21N3O3. The molecule has 0 spiro atoms. The van der Waals surface area contributed by atoms with Crippen molar-refractivity contribution in [2.24, 2.45) is 0 Å². The summed E-state index contributed by atoms with van der Waals surface area (Å²) in [6.07, 6.45) is 2.28. The summed E-state index contributed by atoms with van der Waals surface area (Å²) in [7, 11) is 0. The number of hydrogen-bond acceptors (Lipinski definition) is 4. The molecule has 0 saturated carbocycles. The minimum atomic E-state index is -0.609. The van der Waals surface area contributed by atoms with Crippen molar-refractivity contribution in [3.8, 4) is 5.75 Å². The van der Waals surface area contributed by atoms with Crippen LogP contribution < -0.4 is 15.6 Å². The molecule has 6 nitrogen and oxygen atoms in total. The van der Waals surface area contributed by atoms with Gasteiger partial charge in [-0.15, -0.1) is 0 Å². The maximum absolute atomic E-state index is 12.0. The molecule has 0 bridgehead atoms. The van der Waals surface area contributed by atoms with Crippen molar-refractivity contribution in [1.82, 2.24) is 14.9 Å². The van der Waals surface area contributed by atoms with Gasteiger partial charge in [0.15, 0.2) is 6.10 Å². The van der Waals surface area contributed by atoms with E-state index in [-0.39, 0.29) is 11.5 Å². The summed E-state index contributed by atoms with van der Waals surface area (Å²) < 4.78 is 7.09. The molecule has 1 amide bonds. The van der Waals surface area contributed by atoms with Crippen LogP contribution in [0.2, 0.25) is 0 Å². The van der Waals surface area contributed by atoms with Gasteiger partial charge in [-0.05, 0) is 44.0 Å². The fourth-order valence-corrected chi connectivity index (χ4v) is 2.03. The van der Waals surface area contributed by atoms with Crippen molar-refractivity contribution < 1.29 is 9.53 Å². The number of aryl methyl sites for hydroxylation is 2. The van der Waals surface area contributed by atoms with Crippen molar-refractivity contribution in [3.63, 3.8) is 0 Å². The molecule has 0 aliphatic heterocycles. The van der Waals surface area contributed by atoms with E-state index in [2.05, 4.69) is 10.3 Å². The van der Waals surface area contributed by atoms with E-state index in [1.807, 2.05) is 32.0 Å². The average molecular weight is 315 g/mol. The minimum Gasteiger partial charge on any atom is -0.481 e. The predicted octanol–water partition coefficient (Wildman–Crippen LogP) is 1.44. The molecule has 0 aliphatic rings. The van der Waals surface area contributed by atoms with Crippen molar-refractivity contribution in [1.29, 1.82) is 0 Å². The number of aromatic nitrogens is 2. The number of ether oxygens (including phenoxy) is 1. The van der Waals surface area contributed by atoms with Gasteiger partial charge in [0, 0.05) is 25.4 Å². The van der Waals surface area contributed by atoms with Crippen LogP contribution in [0.1, 0.15) is 18.1 Å². The van der Waals surface area contributed by atoms with Crippen LogP contribution in [0.3, 0.4) is 0 Å². The zero-order valence-corrected chi connectivity index (χ0v) is 13.6. The lowest BCUT2D eigenvalue weighted by molar-refractivity contribution is -0.127. The molecule has 0 saturated heterocycles. The number of nitrogens with one attached hydrogen (secondary N) is 1. The Morgan fingerprint density at radius 1 is 1.30 bits per heavy atom. The van der Waals surface area contributed by atoms with Crippen LogP contribution in [-0.4, -0.2) is 28.1 Å². The molecule has 6 heteroatoms. The molecule has 1 heterocycles. The van der Waals surface area contributed by atoms with Crippen LogP contribution >= 0.6 is 0 Å². The van der Waals surface area contributed by atoms with Crippen molar-refractivity contribution in [2.45, 2.75) is 33.4 Å². The Morgan fingerprint density at radius 2 is 2.09 bits per heavy atom. The molecule has 1 unspecified atom stereocenters. The Labute approximate surface area is 135 Å². The first kappa shape index (κ1) is 16.7. The van der Waals surface area contributed by atoms with E-state index in [1.54, 1.807) is 6.92 Å². The number of carbonyl (C=O) groups is 1. The summed E-state index contributed by atoms with van der Waals surface area (Å²) in [6.45, 7) is 6.43. The Balaban J connectivity index is 1.84. The Hall–Kier alpha value is -2.63. The molecule has 23 heavy (non-hydrogen) atoms. The second-order valence-electron chi connectivity index (χ2n) is 5.41. The lowest BCUT2D eigenvalue weighted by Gasteiger charge is -2.15. The third kappa shape index (κ3) is 4.67. The number of rotatable bonds is 6. The van der Waals surface area contributed by atoms with Gasteiger partial charge in [0.2, 0.25) is 0 Å². The maximum atomic E-state index is 12.0. The number of benzene rings is 1. The van der Waals surface area contributed by atoms with Crippen molar-refractivity contribution in [2.75, 3.05) is 6.54 Å². The van der Waals surface area contributed by atoms with Gasteiger partial charge in [0.25, 0.3) is 11.5 Å². The zero-order chi connectivity index (χ0) is 16.8. The highest BCUT2D eigenvalue weighted by Crippen LogP contribution is 2.17. The first-order chi connectivity index (χ1) is 11.0. The third-order valence-corrected chi connectivity index (χ3v) is 3.60. The number of carbonyl (C=O) groups excluding carboxylic acids is 1. The fourth-order valence-electron chi connectivity index (χ4n) is 2.03. The molecule has 2 rings (SSSR count). The largest absolute Gasteiger partial charge is 0.481 e. The summed E-state index contributed by atoms with van der Waals surface area (Å²) in [4.78, 5) is 27.4. The van der Waals surface area contributed by atoms with E-state index >= 15 is 0 Å². The molecule has 1 N–H and O–H groups in total. The standard InChI is InChI=1S/C17H21N3O3/c1-12-4-5-15(10-13(12)2)23-14(3)17(22)19-8-9-20-11-18-7-6-16(20)21/h4-7,10-11,14H,8-9H2,1-3H3,(H,19,22). The SMILES string of the molecule is Cc1ccc(OC(C)C(=O)NCCn2cnccc2=O)cc1C. The minimum absolute atomic E-state index is 0.145. The van der Waals surface area contributed by atoms with Crippen LogP contribution in [0.4, 0.5) is 0 Å². The normalized spacial score (nSPS) is 11.8. The molecule has 1 atom stereocenters. The number of nitrogens with zero attached hydrogens (tertiary/aromatic N) is 2. The monoisotopic (exact) mass is 315 g/mol. The number of hydrogen-bond donors (Lipinski definition) is 1. The highest BCUT2D eigenvalue weighted by molar-refractivity contribution is 5.80. The molecule has 0 aliphatic carbocycles. The average Bonchev–Trinajstić information content (AvgIpc) is 2.52.